The Bertz CT molecular complexity index is 588. The number of anilines is 1. The number of carbonyl (C=O) groups is 1. The van der Waals surface area contributed by atoms with Gasteiger partial charge < -0.3 is 14.3 Å². The van der Waals surface area contributed by atoms with Gasteiger partial charge in [0.1, 0.15) is 5.76 Å². The van der Waals surface area contributed by atoms with E-state index in [1.165, 1.54) is 24.3 Å². The third kappa shape index (κ3) is 2.85. The molecule has 1 N–H and O–H groups in total. The molecule has 1 heterocycles. The van der Waals surface area contributed by atoms with Crippen molar-refractivity contribution in [3.05, 3.63) is 47.9 Å². The predicted octanol–water partition coefficient (Wildman–Crippen LogP) is 2.08. The van der Waals surface area contributed by atoms with Gasteiger partial charge in [-0.15, -0.1) is 0 Å². The standard InChI is InChI=1S/C12H11NO4S/c1-8-2-7-11(17-8)12(14)13-9-3-5-10(6-4-9)18(15)16/h2-7H,1H3,(H,13,14)(H,15,16)/p-1. The van der Waals surface area contributed by atoms with Crippen molar-refractivity contribution in [2.45, 2.75) is 11.8 Å². The Morgan fingerprint density at radius 2 is 1.89 bits per heavy atom. The molecule has 0 spiro atoms. The fourth-order valence-electron chi connectivity index (χ4n) is 1.40. The number of rotatable bonds is 3. The van der Waals surface area contributed by atoms with Crippen LogP contribution in [0.15, 0.2) is 45.7 Å². The highest BCUT2D eigenvalue weighted by Gasteiger charge is 2.09. The molecule has 1 aromatic heterocycles. The summed E-state index contributed by atoms with van der Waals surface area (Å²) in [5.74, 6) is 0.486. The van der Waals surface area contributed by atoms with Gasteiger partial charge in [-0.3, -0.25) is 9.00 Å². The molecule has 2 rings (SSSR count). The van der Waals surface area contributed by atoms with Crippen LogP contribution in [-0.4, -0.2) is 14.7 Å². The molecule has 1 atom stereocenters. The summed E-state index contributed by atoms with van der Waals surface area (Å²) in [4.78, 5) is 11.9. The summed E-state index contributed by atoms with van der Waals surface area (Å²) in [6.07, 6.45) is 0. The normalized spacial score (nSPS) is 12.1. The molecular weight excluding hydrogens is 254 g/mol. The third-order valence-corrected chi connectivity index (χ3v) is 2.93. The molecule has 1 unspecified atom stereocenters. The van der Waals surface area contributed by atoms with Gasteiger partial charge in [-0.2, -0.15) is 0 Å². The average Bonchev–Trinajstić information content (AvgIpc) is 2.76. The number of furan rings is 1. The van der Waals surface area contributed by atoms with Crippen LogP contribution in [0.1, 0.15) is 16.3 Å². The van der Waals surface area contributed by atoms with Gasteiger partial charge >= 0.3 is 0 Å². The smallest absolute Gasteiger partial charge is 0.291 e. The number of hydrogen-bond acceptors (Lipinski definition) is 4. The van der Waals surface area contributed by atoms with Crippen LogP contribution in [0, 0.1) is 6.92 Å². The van der Waals surface area contributed by atoms with E-state index in [1.807, 2.05) is 0 Å². The van der Waals surface area contributed by atoms with Gasteiger partial charge in [-0.25, -0.2) is 0 Å². The van der Waals surface area contributed by atoms with E-state index in [1.54, 1.807) is 19.1 Å². The van der Waals surface area contributed by atoms with Crippen LogP contribution in [-0.2, 0) is 11.1 Å². The lowest BCUT2D eigenvalue weighted by Gasteiger charge is -2.07. The van der Waals surface area contributed by atoms with Crippen molar-refractivity contribution in [2.24, 2.45) is 0 Å². The third-order valence-electron chi connectivity index (χ3n) is 2.27. The molecular formula is C12H10NO4S-. The van der Waals surface area contributed by atoms with E-state index < -0.39 is 11.1 Å². The largest absolute Gasteiger partial charge is 0.768 e. The van der Waals surface area contributed by atoms with Gasteiger partial charge in [-0.05, 0) is 54.4 Å². The molecule has 0 fully saturated rings. The predicted molar refractivity (Wildman–Crippen MR) is 65.0 cm³/mol. The van der Waals surface area contributed by atoms with Crippen molar-refractivity contribution < 1.29 is 18.0 Å². The maximum Gasteiger partial charge on any atom is 0.291 e. The Hall–Kier alpha value is -1.92. The number of nitrogens with one attached hydrogen (secondary N) is 1. The maximum atomic E-state index is 11.7. The summed E-state index contributed by atoms with van der Waals surface area (Å²) in [6.45, 7) is 1.75. The lowest BCUT2D eigenvalue weighted by atomic mass is 10.3. The van der Waals surface area contributed by atoms with Crippen LogP contribution in [0.25, 0.3) is 0 Å². The first-order valence-corrected chi connectivity index (χ1v) is 6.21. The van der Waals surface area contributed by atoms with Gasteiger partial charge in [0.2, 0.25) is 0 Å². The first-order valence-electron chi connectivity index (χ1n) is 5.13. The Labute approximate surface area is 106 Å². The summed E-state index contributed by atoms with van der Waals surface area (Å²) in [7, 11) is 0. The second-order valence-electron chi connectivity index (χ2n) is 3.62. The lowest BCUT2D eigenvalue weighted by Crippen LogP contribution is -2.10. The number of hydrogen-bond donors (Lipinski definition) is 1. The topological polar surface area (TPSA) is 82.4 Å². The highest BCUT2D eigenvalue weighted by molar-refractivity contribution is 7.79. The molecule has 0 saturated heterocycles. The van der Waals surface area contributed by atoms with Crippen molar-refractivity contribution in [3.63, 3.8) is 0 Å². The Kier molecular flexibility index (Phi) is 3.59. The summed E-state index contributed by atoms with van der Waals surface area (Å²) >= 11 is -2.26. The SMILES string of the molecule is Cc1ccc(C(=O)Nc2ccc(S(=O)[O-])cc2)o1. The molecule has 18 heavy (non-hydrogen) atoms. The lowest BCUT2D eigenvalue weighted by molar-refractivity contribution is 0.0995. The number of benzene rings is 1. The first-order chi connectivity index (χ1) is 8.56. The van der Waals surface area contributed by atoms with Crippen LogP contribution < -0.4 is 5.32 Å². The van der Waals surface area contributed by atoms with Crippen molar-refractivity contribution in [2.75, 3.05) is 5.32 Å². The van der Waals surface area contributed by atoms with Crippen molar-refractivity contribution in [1.82, 2.24) is 0 Å². The average molecular weight is 264 g/mol. The first kappa shape index (κ1) is 12.5. The zero-order chi connectivity index (χ0) is 13.1. The summed E-state index contributed by atoms with van der Waals surface area (Å²) in [5, 5.41) is 2.60. The second kappa shape index (κ2) is 5.16. The molecule has 6 heteroatoms. The zero-order valence-electron chi connectivity index (χ0n) is 9.51. The van der Waals surface area contributed by atoms with Gasteiger partial charge in [0.15, 0.2) is 5.76 Å². The molecule has 0 aliphatic carbocycles. The number of amides is 1. The molecule has 94 valence electrons. The van der Waals surface area contributed by atoms with E-state index in [9.17, 15) is 13.6 Å². The molecule has 0 saturated carbocycles. The molecule has 0 aliphatic heterocycles. The molecule has 0 radical (unpaired) electrons. The van der Waals surface area contributed by atoms with Gasteiger partial charge in [-0.1, -0.05) is 0 Å². The highest BCUT2D eigenvalue weighted by atomic mass is 32.2. The van der Waals surface area contributed by atoms with Crippen LogP contribution in [0.2, 0.25) is 0 Å². The van der Waals surface area contributed by atoms with Crippen LogP contribution in [0.3, 0.4) is 0 Å². The minimum atomic E-state index is -2.26. The van der Waals surface area contributed by atoms with Gasteiger partial charge in [0, 0.05) is 10.6 Å². The van der Waals surface area contributed by atoms with E-state index >= 15 is 0 Å². The second-order valence-corrected chi connectivity index (χ2v) is 4.56. The highest BCUT2D eigenvalue weighted by Crippen LogP contribution is 2.14. The quantitative estimate of drug-likeness (QED) is 0.860. The Morgan fingerprint density at radius 1 is 1.22 bits per heavy atom. The molecule has 5 nitrogen and oxygen atoms in total. The molecule has 1 amide bonds. The molecule has 0 aliphatic rings. The zero-order valence-corrected chi connectivity index (χ0v) is 10.3. The fourth-order valence-corrected chi connectivity index (χ4v) is 1.76. The fraction of sp³-hybridized carbons (Fsp3) is 0.0833. The number of aryl methyl sites for hydroxylation is 1. The minimum absolute atomic E-state index is 0.168. The van der Waals surface area contributed by atoms with E-state index in [0.717, 1.165) is 0 Å². The van der Waals surface area contributed by atoms with Crippen LogP contribution in [0.5, 0.6) is 0 Å². The van der Waals surface area contributed by atoms with Gasteiger partial charge in [0.05, 0.1) is 0 Å². The summed E-state index contributed by atoms with van der Waals surface area (Å²) in [5.41, 5.74) is 0.503. The molecule has 2 aromatic rings. The van der Waals surface area contributed by atoms with Gasteiger partial charge in [0.25, 0.3) is 5.91 Å². The van der Waals surface area contributed by atoms with E-state index in [4.69, 9.17) is 4.42 Å². The molecule has 0 bridgehead atoms. The minimum Gasteiger partial charge on any atom is -0.768 e. The van der Waals surface area contributed by atoms with E-state index in [-0.39, 0.29) is 16.6 Å². The Morgan fingerprint density at radius 3 is 2.39 bits per heavy atom. The van der Waals surface area contributed by atoms with E-state index in [2.05, 4.69) is 5.32 Å². The number of carbonyl (C=O) groups excluding carboxylic acids is 1. The monoisotopic (exact) mass is 264 g/mol. The van der Waals surface area contributed by atoms with Crippen molar-refractivity contribution in [3.8, 4) is 0 Å². The molecule has 1 aromatic carbocycles. The van der Waals surface area contributed by atoms with E-state index in [0.29, 0.717) is 11.4 Å². The Balaban J connectivity index is 2.10. The van der Waals surface area contributed by atoms with Crippen molar-refractivity contribution >= 4 is 22.7 Å². The maximum absolute atomic E-state index is 11.7. The summed E-state index contributed by atoms with van der Waals surface area (Å²) in [6, 6.07) is 9.11. The summed E-state index contributed by atoms with van der Waals surface area (Å²) < 4.78 is 26.5. The van der Waals surface area contributed by atoms with Crippen molar-refractivity contribution in [1.29, 1.82) is 0 Å². The van der Waals surface area contributed by atoms with Crippen LogP contribution >= 0.6 is 0 Å². The van der Waals surface area contributed by atoms with Crippen LogP contribution in [0.4, 0.5) is 5.69 Å².